The van der Waals surface area contributed by atoms with E-state index in [1.807, 2.05) is 47.8 Å². The summed E-state index contributed by atoms with van der Waals surface area (Å²) in [5.41, 5.74) is 2.51. The number of carbonyl (C=O) groups excluding carboxylic acids is 1. The van der Waals surface area contributed by atoms with Crippen molar-refractivity contribution >= 4 is 52.2 Å². The Labute approximate surface area is 189 Å². The molecule has 1 amide bonds. The minimum atomic E-state index is -0.214. The predicted molar refractivity (Wildman–Crippen MR) is 126 cm³/mol. The lowest BCUT2D eigenvalue weighted by atomic mass is 10.2. The van der Waals surface area contributed by atoms with E-state index in [4.69, 9.17) is 23.2 Å². The molecule has 0 spiro atoms. The molecule has 0 radical (unpaired) electrons. The van der Waals surface area contributed by atoms with E-state index in [-0.39, 0.29) is 11.7 Å². The van der Waals surface area contributed by atoms with Crippen molar-refractivity contribution in [2.45, 2.75) is 11.7 Å². The number of thioether (sulfide) groups is 1. The second kappa shape index (κ2) is 10.0. The molecule has 1 aromatic heterocycles. The maximum atomic E-state index is 12.4. The topological polar surface area (TPSA) is 63.1 Å². The second-order valence-corrected chi connectivity index (χ2v) is 8.39. The van der Waals surface area contributed by atoms with E-state index in [0.29, 0.717) is 27.4 Å². The Bertz CT molecular complexity index is 1050. The first-order valence-electron chi connectivity index (χ1n) is 9.08. The summed E-state index contributed by atoms with van der Waals surface area (Å²) in [7, 11) is 3.98. The van der Waals surface area contributed by atoms with Gasteiger partial charge in [-0.3, -0.25) is 9.36 Å². The molecule has 0 fully saturated rings. The summed E-state index contributed by atoms with van der Waals surface area (Å²) < 4.78 is 1.93. The van der Waals surface area contributed by atoms with Gasteiger partial charge in [-0.1, -0.05) is 41.0 Å². The molecule has 3 aromatic rings. The minimum Gasteiger partial charge on any atom is -0.378 e. The fourth-order valence-electron chi connectivity index (χ4n) is 2.72. The summed E-state index contributed by atoms with van der Waals surface area (Å²) in [5.74, 6) is 0.660. The zero-order valence-electron chi connectivity index (χ0n) is 16.6. The zero-order chi connectivity index (χ0) is 21.7. The summed E-state index contributed by atoms with van der Waals surface area (Å²) in [5, 5.41) is 12.9. The summed E-state index contributed by atoms with van der Waals surface area (Å²) in [6.07, 6.45) is 1.77. The van der Waals surface area contributed by atoms with Crippen LogP contribution in [-0.2, 0) is 11.3 Å². The van der Waals surface area contributed by atoms with Crippen LogP contribution < -0.4 is 10.2 Å². The van der Waals surface area contributed by atoms with E-state index in [9.17, 15) is 4.79 Å². The van der Waals surface area contributed by atoms with Crippen LogP contribution in [0.15, 0.2) is 60.3 Å². The molecular formula is C21H21Cl2N5OS. The molecule has 0 atom stereocenters. The highest BCUT2D eigenvalue weighted by Crippen LogP contribution is 2.28. The first-order chi connectivity index (χ1) is 14.4. The Balaban J connectivity index is 1.74. The number of aromatic nitrogens is 3. The van der Waals surface area contributed by atoms with Gasteiger partial charge in [0.25, 0.3) is 0 Å². The molecule has 0 aliphatic carbocycles. The minimum absolute atomic E-state index is 0.150. The summed E-state index contributed by atoms with van der Waals surface area (Å²) in [6.45, 7) is 4.35. The third kappa shape index (κ3) is 5.36. The number of carbonyl (C=O) groups is 1. The highest BCUT2D eigenvalue weighted by atomic mass is 35.5. The van der Waals surface area contributed by atoms with Crippen molar-refractivity contribution in [3.63, 3.8) is 0 Å². The predicted octanol–water partition coefficient (Wildman–Crippen LogP) is 5.23. The van der Waals surface area contributed by atoms with Crippen molar-refractivity contribution < 1.29 is 4.79 Å². The van der Waals surface area contributed by atoms with Gasteiger partial charge in [-0.05, 0) is 42.5 Å². The number of hydrogen-bond donors (Lipinski definition) is 1. The molecule has 0 unspecified atom stereocenters. The first-order valence-corrected chi connectivity index (χ1v) is 10.8. The van der Waals surface area contributed by atoms with Gasteiger partial charge in [-0.15, -0.1) is 16.8 Å². The van der Waals surface area contributed by atoms with Gasteiger partial charge in [0.2, 0.25) is 5.91 Å². The first kappa shape index (κ1) is 22.2. The Hall–Kier alpha value is -2.48. The quantitative estimate of drug-likeness (QED) is 0.367. The van der Waals surface area contributed by atoms with Crippen molar-refractivity contribution in [1.82, 2.24) is 14.8 Å². The Morgan fingerprint density at radius 1 is 1.20 bits per heavy atom. The normalized spacial score (nSPS) is 10.7. The molecule has 3 rings (SSSR count). The number of nitrogens with zero attached hydrogens (tertiary/aromatic N) is 4. The maximum absolute atomic E-state index is 12.4. The van der Waals surface area contributed by atoms with Crippen molar-refractivity contribution in [3.8, 4) is 11.4 Å². The van der Waals surface area contributed by atoms with Crippen molar-refractivity contribution in [2.24, 2.45) is 0 Å². The standard InChI is InChI=1S/C21H21Cl2N5OS/c1-4-11-28-20(14-5-8-16(9-6-14)27(2)3)25-26-21(28)30-13-19(29)24-18-12-15(22)7-10-17(18)23/h4-10,12H,1,11,13H2,2-3H3,(H,24,29). The van der Waals surface area contributed by atoms with Gasteiger partial charge in [0.1, 0.15) is 0 Å². The number of amides is 1. The van der Waals surface area contributed by atoms with E-state index in [1.54, 1.807) is 24.3 Å². The summed E-state index contributed by atoms with van der Waals surface area (Å²) >= 11 is 13.4. The third-order valence-corrected chi connectivity index (χ3v) is 5.74. The average Bonchev–Trinajstić information content (AvgIpc) is 3.12. The van der Waals surface area contributed by atoms with E-state index < -0.39 is 0 Å². The van der Waals surface area contributed by atoms with Crippen LogP contribution in [-0.4, -0.2) is 40.5 Å². The van der Waals surface area contributed by atoms with E-state index in [0.717, 1.165) is 17.1 Å². The van der Waals surface area contributed by atoms with E-state index in [1.165, 1.54) is 11.8 Å². The number of halogens is 2. The van der Waals surface area contributed by atoms with Crippen molar-refractivity contribution in [1.29, 1.82) is 0 Å². The molecule has 0 saturated heterocycles. The van der Waals surface area contributed by atoms with Gasteiger partial charge < -0.3 is 10.2 Å². The average molecular weight is 462 g/mol. The highest BCUT2D eigenvalue weighted by molar-refractivity contribution is 7.99. The lowest BCUT2D eigenvalue weighted by Gasteiger charge is -2.13. The summed E-state index contributed by atoms with van der Waals surface area (Å²) in [4.78, 5) is 14.4. The van der Waals surface area contributed by atoms with Crippen molar-refractivity contribution in [2.75, 3.05) is 30.1 Å². The number of hydrogen-bond acceptors (Lipinski definition) is 5. The van der Waals surface area contributed by atoms with Crippen LogP contribution in [0, 0.1) is 0 Å². The Morgan fingerprint density at radius 3 is 2.60 bits per heavy atom. The van der Waals surface area contributed by atoms with Gasteiger partial charge in [0.05, 0.1) is 16.5 Å². The number of anilines is 2. The van der Waals surface area contributed by atoms with E-state index in [2.05, 4.69) is 22.1 Å². The summed E-state index contributed by atoms with van der Waals surface area (Å²) in [6, 6.07) is 13.0. The maximum Gasteiger partial charge on any atom is 0.234 e. The zero-order valence-corrected chi connectivity index (χ0v) is 18.9. The molecule has 9 heteroatoms. The fraction of sp³-hybridized carbons (Fsp3) is 0.190. The van der Waals surface area contributed by atoms with Gasteiger partial charge in [0.15, 0.2) is 11.0 Å². The molecule has 1 heterocycles. The number of nitrogens with one attached hydrogen (secondary N) is 1. The number of allylic oxidation sites excluding steroid dienone is 1. The highest BCUT2D eigenvalue weighted by Gasteiger charge is 2.16. The van der Waals surface area contributed by atoms with Crippen LogP contribution in [0.2, 0.25) is 10.0 Å². The van der Waals surface area contributed by atoms with Gasteiger partial charge in [0, 0.05) is 36.9 Å². The number of benzene rings is 2. The van der Waals surface area contributed by atoms with Gasteiger partial charge in [-0.25, -0.2) is 0 Å². The third-order valence-electron chi connectivity index (χ3n) is 4.21. The van der Waals surface area contributed by atoms with Crippen LogP contribution in [0.1, 0.15) is 0 Å². The van der Waals surface area contributed by atoms with Crippen LogP contribution in [0.4, 0.5) is 11.4 Å². The molecule has 2 aromatic carbocycles. The molecule has 0 aliphatic heterocycles. The largest absolute Gasteiger partial charge is 0.378 e. The molecule has 1 N–H and O–H groups in total. The monoisotopic (exact) mass is 461 g/mol. The molecule has 0 bridgehead atoms. The molecule has 0 saturated carbocycles. The molecular weight excluding hydrogens is 441 g/mol. The number of rotatable bonds is 8. The Morgan fingerprint density at radius 2 is 1.93 bits per heavy atom. The van der Waals surface area contributed by atoms with Crippen LogP contribution in [0.5, 0.6) is 0 Å². The Kier molecular flexibility index (Phi) is 7.42. The van der Waals surface area contributed by atoms with Crippen LogP contribution >= 0.6 is 35.0 Å². The van der Waals surface area contributed by atoms with Crippen LogP contribution in [0.25, 0.3) is 11.4 Å². The van der Waals surface area contributed by atoms with Crippen LogP contribution in [0.3, 0.4) is 0 Å². The SMILES string of the molecule is C=CCn1c(SCC(=O)Nc2cc(Cl)ccc2Cl)nnc1-c1ccc(N(C)C)cc1. The lowest BCUT2D eigenvalue weighted by molar-refractivity contribution is -0.113. The molecule has 6 nitrogen and oxygen atoms in total. The smallest absolute Gasteiger partial charge is 0.234 e. The fourth-order valence-corrected chi connectivity index (χ4v) is 3.81. The lowest BCUT2D eigenvalue weighted by Crippen LogP contribution is -2.15. The van der Waals surface area contributed by atoms with Gasteiger partial charge >= 0.3 is 0 Å². The molecule has 30 heavy (non-hydrogen) atoms. The molecule has 156 valence electrons. The second-order valence-electron chi connectivity index (χ2n) is 6.61. The van der Waals surface area contributed by atoms with E-state index >= 15 is 0 Å². The molecule has 0 aliphatic rings. The van der Waals surface area contributed by atoms with Gasteiger partial charge in [-0.2, -0.15) is 0 Å². The van der Waals surface area contributed by atoms with Crippen molar-refractivity contribution in [3.05, 3.63) is 65.2 Å².